The van der Waals surface area contributed by atoms with Crippen LogP contribution in [0, 0.1) is 37.2 Å². The first-order valence-corrected chi connectivity index (χ1v) is 33.7. The molecule has 0 radical (unpaired) electrons. The van der Waals surface area contributed by atoms with Crippen LogP contribution in [0.4, 0.5) is 22.0 Å². The Morgan fingerprint density at radius 1 is 0.712 bits per heavy atom. The van der Waals surface area contributed by atoms with Gasteiger partial charge in [0.1, 0.15) is 35.9 Å². The number of amidine groups is 1. The zero-order valence-electron chi connectivity index (χ0n) is 58.0. The number of ketones is 1. The molecule has 8 aromatic rings. The molecule has 1 saturated carbocycles. The van der Waals surface area contributed by atoms with E-state index in [1.807, 2.05) is 74.5 Å². The molecule has 0 atom stereocenters. The van der Waals surface area contributed by atoms with Crippen LogP contribution in [0.15, 0.2) is 193 Å². The lowest BCUT2D eigenvalue weighted by Gasteiger charge is -2.26. The molecule has 1 aliphatic carbocycles. The van der Waals surface area contributed by atoms with E-state index < -0.39 is 47.3 Å². The van der Waals surface area contributed by atoms with Crippen molar-refractivity contribution in [3.8, 4) is 17.2 Å². The zero-order valence-corrected chi connectivity index (χ0v) is 60.3. The van der Waals surface area contributed by atoms with Crippen LogP contribution in [0.3, 0.4) is 0 Å². The summed E-state index contributed by atoms with van der Waals surface area (Å²) >= 11 is 18.1. The van der Waals surface area contributed by atoms with E-state index in [-0.39, 0.29) is 49.5 Å². The molecular formula is C79H77Cl3F5N5O12. The summed E-state index contributed by atoms with van der Waals surface area (Å²) < 4.78 is 97.1. The van der Waals surface area contributed by atoms with E-state index in [2.05, 4.69) is 44.4 Å². The highest BCUT2D eigenvalue weighted by atomic mass is 35.5. The number of carbonyl (C=O) groups is 4. The number of nitrogens with one attached hydrogen (secondary N) is 1. The number of allylic oxidation sites excluding steroid dienone is 1. The number of esters is 1. The quantitative estimate of drug-likeness (QED) is 0.00830. The van der Waals surface area contributed by atoms with E-state index in [4.69, 9.17) is 68.2 Å². The number of amides is 2. The van der Waals surface area contributed by atoms with Crippen LogP contribution >= 0.6 is 34.8 Å². The molecular weight excluding hydrogens is 1410 g/mol. The number of hydrogen-bond acceptors (Lipinski definition) is 15. The SMILES string of the molecule is CO/C=C(/C(=O)OC)c1ccccc1CO/N=C(C)/C=C/c1ccc(C)cc1.COc1ccc(/C(=C\C(=O)N2CCOCC2)c2ccc(F)cc2)cc1OC.Cc1cnc(CCC(=O)c2c(Cl)cccc2Cl)c(Cl)c1.O=C(Cc1ccccc1)N/C(=N\OCC1CC1)c1c(OC(F)F)ccc(F)c1F. The fourth-order valence-electron chi connectivity index (χ4n) is 9.85. The highest BCUT2D eigenvalue weighted by molar-refractivity contribution is 6.39. The van der Waals surface area contributed by atoms with Gasteiger partial charge >= 0.3 is 12.6 Å². The van der Waals surface area contributed by atoms with Crippen molar-refractivity contribution in [1.29, 1.82) is 0 Å². The average molecular weight is 1490 g/mol. The van der Waals surface area contributed by atoms with Crippen molar-refractivity contribution in [3.63, 3.8) is 0 Å². The third-order valence-corrected chi connectivity index (χ3v) is 16.4. The molecule has 1 aromatic heterocycles. The fourth-order valence-corrected chi connectivity index (χ4v) is 10.8. The number of methoxy groups -OCH3 is 4. The molecule has 17 nitrogen and oxygen atoms in total. The first-order chi connectivity index (χ1) is 50.1. The molecule has 1 saturated heterocycles. The van der Waals surface area contributed by atoms with Crippen LogP contribution in [0.2, 0.25) is 15.1 Å². The number of pyridine rings is 1. The lowest BCUT2D eigenvalue weighted by Crippen LogP contribution is -2.39. The number of aromatic nitrogens is 1. The maximum atomic E-state index is 14.5. The summed E-state index contributed by atoms with van der Waals surface area (Å²) in [6.07, 6.45) is 11.1. The monoisotopic (exact) mass is 1490 g/mol. The maximum absolute atomic E-state index is 14.5. The average Bonchev–Trinajstić information content (AvgIpc) is 1.15. The molecule has 2 fully saturated rings. The summed E-state index contributed by atoms with van der Waals surface area (Å²) in [4.78, 5) is 66.0. The topological polar surface area (TPSA) is 195 Å². The Hall–Kier alpha value is -10.4. The van der Waals surface area contributed by atoms with Gasteiger partial charge in [0.25, 0.3) is 0 Å². The second kappa shape index (κ2) is 41.6. The van der Waals surface area contributed by atoms with Gasteiger partial charge in [0.05, 0.1) is 86.4 Å². The Morgan fingerprint density at radius 2 is 1.38 bits per heavy atom. The van der Waals surface area contributed by atoms with Gasteiger partial charge in [-0.1, -0.05) is 160 Å². The standard InChI is InChI=1S/C23H25NO4.C21H22FNO4.C20H18F4N2O3.C15H12Cl3NO/c1-17-9-12-19(13-10-17)14-11-18(2)24-28-15-20-7-5-6-8-21(20)22(16-26-3)23(25)27-4;1-25-19-8-5-16(13-20(19)26-2)18(15-3-6-17(22)7-4-15)14-21(24)23-9-11-27-12-10-23;21-14-8-9-15(29-20(23)24)17(18(14)22)19(26-28-11-13-6-7-13)25-16(27)10-12-4-2-1-3-5-12;1-9-7-12(18)13(19-8-9)5-6-14(20)15-10(16)3-2-4-11(15)17/h5-14,16H,15H2,1-4H3;3-8,13-14H,9-12H2,1-2H3;1-5,8-9,13,20H,6-7,10-11H2,(H,25,26,27);2-4,7-8H,5-6H2,1H3/b14-11+,22-16+,24-18+;18-14-;;. The number of Topliss-reactive ketones (excluding diaryl/α,β-unsaturated/α-hetero) is 1. The van der Waals surface area contributed by atoms with Gasteiger partial charge in [0, 0.05) is 37.3 Å². The number of hydrogen-bond donors (Lipinski definition) is 1. The van der Waals surface area contributed by atoms with Crippen molar-refractivity contribution in [3.05, 3.63) is 276 Å². The molecule has 104 heavy (non-hydrogen) atoms. The minimum atomic E-state index is -3.28. The van der Waals surface area contributed by atoms with E-state index in [0.29, 0.717) is 98.9 Å². The van der Waals surface area contributed by atoms with Crippen LogP contribution in [-0.4, -0.2) is 113 Å². The Balaban J connectivity index is 0.000000195. The smallest absolute Gasteiger partial charge is 0.387 e. The molecule has 1 N–H and O–H groups in total. The third kappa shape index (κ3) is 25.5. The van der Waals surface area contributed by atoms with Gasteiger partial charge < -0.3 is 48.3 Å². The van der Waals surface area contributed by atoms with Crippen molar-refractivity contribution in [2.75, 3.05) is 61.3 Å². The lowest BCUT2D eigenvalue weighted by molar-refractivity contribution is -0.134. The van der Waals surface area contributed by atoms with E-state index in [1.165, 1.54) is 38.2 Å². The second-order valence-corrected chi connectivity index (χ2v) is 24.4. The van der Waals surface area contributed by atoms with Crippen molar-refractivity contribution in [2.45, 2.75) is 66.1 Å². The predicted octanol–water partition coefficient (Wildman–Crippen LogP) is 17.1. The van der Waals surface area contributed by atoms with Gasteiger partial charge in [-0.25, -0.2) is 18.0 Å². The highest BCUT2D eigenvalue weighted by Gasteiger charge is 2.27. The summed E-state index contributed by atoms with van der Waals surface area (Å²) in [5.74, 6) is -4.21. The molecule has 2 heterocycles. The fraction of sp³-hybridized carbons (Fsp3) is 0.253. The first kappa shape index (κ1) is 80.9. The Morgan fingerprint density at radius 3 is 2.02 bits per heavy atom. The lowest BCUT2D eigenvalue weighted by atomic mass is 9.96. The van der Waals surface area contributed by atoms with E-state index in [0.717, 1.165) is 52.4 Å². The minimum absolute atomic E-state index is 0.0928. The number of morpholine rings is 1. The van der Waals surface area contributed by atoms with E-state index >= 15 is 0 Å². The van der Waals surface area contributed by atoms with Crippen LogP contribution in [-0.2, 0) is 57.7 Å². The number of ether oxygens (including phenoxy) is 6. The molecule has 0 unspecified atom stereocenters. The predicted molar refractivity (Wildman–Crippen MR) is 392 cm³/mol. The molecule has 2 aliphatic rings. The molecule has 10 rings (SSSR count). The minimum Gasteiger partial charge on any atom is -0.503 e. The number of rotatable bonds is 25. The van der Waals surface area contributed by atoms with Gasteiger partial charge in [-0.3, -0.25) is 19.4 Å². The molecule has 0 spiro atoms. The summed E-state index contributed by atoms with van der Waals surface area (Å²) in [5, 5.41) is 11.4. The number of aryl methyl sites for hydroxylation is 3. The first-order valence-electron chi connectivity index (χ1n) is 32.5. The van der Waals surface area contributed by atoms with E-state index in [9.17, 15) is 41.1 Å². The van der Waals surface area contributed by atoms with Crippen molar-refractivity contribution >= 4 is 87.1 Å². The third-order valence-electron chi connectivity index (χ3n) is 15.4. The Bertz CT molecular complexity index is 4340. The van der Waals surface area contributed by atoms with Gasteiger partial charge in [0.15, 0.2) is 34.8 Å². The summed E-state index contributed by atoms with van der Waals surface area (Å²) in [6.45, 7) is 5.13. The van der Waals surface area contributed by atoms with Gasteiger partial charge in [0.2, 0.25) is 11.8 Å². The van der Waals surface area contributed by atoms with Crippen LogP contribution in [0.25, 0.3) is 17.2 Å². The van der Waals surface area contributed by atoms with Crippen molar-refractivity contribution in [1.82, 2.24) is 15.2 Å². The molecule has 7 aromatic carbocycles. The Kier molecular flexibility index (Phi) is 32.4. The number of halogens is 8. The molecule has 2 amide bonds. The highest BCUT2D eigenvalue weighted by Crippen LogP contribution is 2.35. The summed E-state index contributed by atoms with van der Waals surface area (Å²) in [5.41, 5.74) is 9.02. The number of carbonyl (C=O) groups excluding carboxylic acids is 4. The second-order valence-electron chi connectivity index (χ2n) is 23.2. The number of benzene rings is 7. The molecule has 546 valence electrons. The number of oxime groups is 2. The van der Waals surface area contributed by atoms with Crippen molar-refractivity contribution in [2.24, 2.45) is 16.2 Å². The normalized spacial score (nSPS) is 13.1. The van der Waals surface area contributed by atoms with Gasteiger partial charge in [-0.2, -0.15) is 8.78 Å². The molecule has 0 bridgehead atoms. The van der Waals surface area contributed by atoms with Crippen molar-refractivity contribution < 1.29 is 79.2 Å². The van der Waals surface area contributed by atoms with Gasteiger partial charge in [-0.05, 0) is 146 Å². The van der Waals surface area contributed by atoms with Crippen LogP contribution in [0.1, 0.15) is 92.3 Å². The Labute approximate surface area is 615 Å². The van der Waals surface area contributed by atoms with Crippen LogP contribution < -0.4 is 19.5 Å². The summed E-state index contributed by atoms with van der Waals surface area (Å²) in [6, 6.07) is 44.1. The zero-order chi connectivity index (χ0) is 75.1. The van der Waals surface area contributed by atoms with E-state index in [1.54, 1.807) is 104 Å². The largest absolute Gasteiger partial charge is 0.503 e. The molecule has 25 heteroatoms. The number of nitrogens with zero attached hydrogens (tertiary/aromatic N) is 4. The summed E-state index contributed by atoms with van der Waals surface area (Å²) in [7, 11) is 5.94. The van der Waals surface area contributed by atoms with Gasteiger partial charge in [-0.15, -0.1) is 0 Å². The van der Waals surface area contributed by atoms with Crippen LogP contribution in [0.5, 0.6) is 17.2 Å². The molecule has 1 aliphatic heterocycles. The number of alkyl halides is 2. The maximum Gasteiger partial charge on any atom is 0.387 e.